The molecule has 0 aromatic heterocycles. The Hall–Kier alpha value is -3.12. The fraction of sp³-hybridized carbons (Fsp3) is 0.476. The van der Waals surface area contributed by atoms with Crippen molar-refractivity contribution >= 4 is 41.4 Å². The maximum atomic E-state index is 12.8. The number of hydrogen-bond acceptors (Lipinski definition) is 9. The van der Waals surface area contributed by atoms with Gasteiger partial charge in [0.15, 0.2) is 0 Å². The molecule has 1 aromatic carbocycles. The van der Waals surface area contributed by atoms with Gasteiger partial charge in [-0.15, -0.1) is 11.8 Å². The normalized spacial score (nSPS) is 16.1. The molecule has 0 radical (unpaired) electrons. The highest BCUT2D eigenvalue weighted by molar-refractivity contribution is 7.99. The summed E-state index contributed by atoms with van der Waals surface area (Å²) in [5, 5.41) is 14.2. The van der Waals surface area contributed by atoms with Crippen LogP contribution < -0.4 is 10.6 Å². The maximum Gasteiger partial charge on any atom is 0.408 e. The van der Waals surface area contributed by atoms with E-state index in [-0.39, 0.29) is 18.2 Å². The molecule has 0 aliphatic carbocycles. The zero-order chi connectivity index (χ0) is 24.4. The fourth-order valence-electron chi connectivity index (χ4n) is 2.81. The van der Waals surface area contributed by atoms with Crippen molar-refractivity contribution in [3.63, 3.8) is 0 Å². The van der Waals surface area contributed by atoms with Gasteiger partial charge in [0, 0.05) is 5.75 Å². The largest absolute Gasteiger partial charge is 0.457 e. The van der Waals surface area contributed by atoms with Gasteiger partial charge in [-0.05, 0) is 19.4 Å². The van der Waals surface area contributed by atoms with Crippen molar-refractivity contribution in [2.24, 2.45) is 0 Å². The molecule has 0 saturated carbocycles. The second-order valence-electron chi connectivity index (χ2n) is 7.36. The van der Waals surface area contributed by atoms with Crippen LogP contribution in [0.1, 0.15) is 19.4 Å². The number of hydrogen-bond donors (Lipinski definition) is 3. The SMILES string of the molecule is CC(C)OC(=O)C(=O)CNC(=O)[C@@H]1CSCN1C(=O)[C@H](CO)NC(=O)OCc1ccccc1. The summed E-state index contributed by atoms with van der Waals surface area (Å²) in [7, 11) is 0. The molecule has 1 aliphatic heterocycles. The number of rotatable bonds is 10. The van der Waals surface area contributed by atoms with Crippen molar-refractivity contribution in [2.45, 2.75) is 38.6 Å². The van der Waals surface area contributed by atoms with Gasteiger partial charge in [0.2, 0.25) is 11.8 Å². The van der Waals surface area contributed by atoms with Crippen molar-refractivity contribution < 1.29 is 38.6 Å². The molecule has 0 spiro atoms. The average Bonchev–Trinajstić information content (AvgIpc) is 3.29. The quantitative estimate of drug-likeness (QED) is 0.305. The topological polar surface area (TPSA) is 151 Å². The minimum absolute atomic E-state index is 0.0170. The van der Waals surface area contributed by atoms with Gasteiger partial charge < -0.3 is 30.1 Å². The van der Waals surface area contributed by atoms with Gasteiger partial charge in [-0.3, -0.25) is 14.4 Å². The highest BCUT2D eigenvalue weighted by atomic mass is 32.2. The van der Waals surface area contributed by atoms with Crippen LogP contribution in [0.5, 0.6) is 0 Å². The first-order valence-corrected chi connectivity index (χ1v) is 11.4. The average molecular weight is 482 g/mol. The molecule has 3 N–H and O–H groups in total. The fourth-order valence-corrected chi connectivity index (χ4v) is 3.97. The van der Waals surface area contributed by atoms with Crippen LogP contribution in [0.4, 0.5) is 4.79 Å². The Labute approximate surface area is 195 Å². The molecule has 1 saturated heterocycles. The Balaban J connectivity index is 1.88. The molecule has 0 unspecified atom stereocenters. The molecule has 0 bridgehead atoms. The lowest BCUT2D eigenvalue weighted by molar-refractivity contribution is -0.156. The number of carbonyl (C=O) groups is 5. The first kappa shape index (κ1) is 26.1. The van der Waals surface area contributed by atoms with Gasteiger partial charge in [-0.2, -0.15) is 0 Å². The van der Waals surface area contributed by atoms with Crippen molar-refractivity contribution in [1.29, 1.82) is 0 Å². The van der Waals surface area contributed by atoms with E-state index in [0.717, 1.165) is 5.56 Å². The Morgan fingerprint density at radius 2 is 1.88 bits per heavy atom. The molecule has 1 heterocycles. The van der Waals surface area contributed by atoms with Crippen LogP contribution in [0.2, 0.25) is 0 Å². The van der Waals surface area contributed by atoms with E-state index in [0.29, 0.717) is 0 Å². The van der Waals surface area contributed by atoms with E-state index in [4.69, 9.17) is 9.47 Å². The smallest absolute Gasteiger partial charge is 0.408 e. The summed E-state index contributed by atoms with van der Waals surface area (Å²) in [6.07, 6.45) is -1.37. The molecule has 12 heteroatoms. The summed E-state index contributed by atoms with van der Waals surface area (Å²) in [5.74, 6) is -2.89. The predicted octanol–water partition coefficient (Wildman–Crippen LogP) is -0.188. The van der Waals surface area contributed by atoms with Gasteiger partial charge in [0.05, 0.1) is 25.1 Å². The third-order valence-electron chi connectivity index (χ3n) is 4.45. The van der Waals surface area contributed by atoms with Crippen LogP contribution in [-0.2, 0) is 35.3 Å². The van der Waals surface area contributed by atoms with Gasteiger partial charge in [-0.25, -0.2) is 9.59 Å². The van der Waals surface area contributed by atoms with E-state index < -0.39 is 61.0 Å². The van der Waals surface area contributed by atoms with E-state index in [2.05, 4.69) is 10.6 Å². The molecule has 33 heavy (non-hydrogen) atoms. The molecule has 11 nitrogen and oxygen atoms in total. The Morgan fingerprint density at radius 1 is 1.18 bits per heavy atom. The van der Waals surface area contributed by atoms with Crippen LogP contribution in [0, 0.1) is 0 Å². The number of thioether (sulfide) groups is 1. The number of amides is 3. The minimum Gasteiger partial charge on any atom is -0.457 e. The summed E-state index contributed by atoms with van der Waals surface area (Å²) >= 11 is 1.29. The maximum absolute atomic E-state index is 12.8. The second-order valence-corrected chi connectivity index (χ2v) is 8.36. The van der Waals surface area contributed by atoms with Crippen molar-refractivity contribution in [2.75, 3.05) is 24.8 Å². The number of nitrogens with zero attached hydrogens (tertiary/aromatic N) is 1. The predicted molar refractivity (Wildman–Crippen MR) is 118 cm³/mol. The van der Waals surface area contributed by atoms with Gasteiger partial charge >= 0.3 is 12.1 Å². The molecular weight excluding hydrogens is 454 g/mol. The van der Waals surface area contributed by atoms with E-state index in [1.54, 1.807) is 38.1 Å². The molecule has 1 aromatic rings. The molecule has 1 aliphatic rings. The lowest BCUT2D eigenvalue weighted by Gasteiger charge is -2.27. The number of aliphatic hydroxyl groups excluding tert-OH is 1. The lowest BCUT2D eigenvalue weighted by atomic mass is 10.2. The zero-order valence-corrected chi connectivity index (χ0v) is 19.1. The number of esters is 1. The number of carbonyl (C=O) groups excluding carboxylic acids is 5. The van der Waals surface area contributed by atoms with Gasteiger partial charge in [0.1, 0.15) is 18.7 Å². The zero-order valence-electron chi connectivity index (χ0n) is 18.3. The van der Waals surface area contributed by atoms with E-state index >= 15 is 0 Å². The second kappa shape index (κ2) is 12.8. The third-order valence-corrected chi connectivity index (χ3v) is 5.46. The van der Waals surface area contributed by atoms with Crippen LogP contribution in [0.25, 0.3) is 0 Å². The van der Waals surface area contributed by atoms with Crippen LogP contribution >= 0.6 is 11.8 Å². The van der Waals surface area contributed by atoms with E-state index in [9.17, 15) is 29.1 Å². The number of benzene rings is 1. The summed E-state index contributed by atoms with van der Waals surface area (Å²) < 4.78 is 9.84. The number of alkyl carbamates (subject to hydrolysis) is 1. The first-order valence-electron chi connectivity index (χ1n) is 10.2. The van der Waals surface area contributed by atoms with E-state index in [1.165, 1.54) is 16.7 Å². The van der Waals surface area contributed by atoms with Gasteiger partial charge in [-0.1, -0.05) is 30.3 Å². The minimum atomic E-state index is -1.31. The monoisotopic (exact) mass is 481 g/mol. The molecule has 180 valence electrons. The summed E-state index contributed by atoms with van der Waals surface area (Å²) in [4.78, 5) is 61.9. The molecule has 3 amide bonds. The molecule has 2 rings (SSSR count). The van der Waals surface area contributed by atoms with Crippen LogP contribution in [-0.4, -0.2) is 82.6 Å². The van der Waals surface area contributed by atoms with E-state index in [1.807, 2.05) is 6.07 Å². The van der Waals surface area contributed by atoms with Crippen molar-refractivity contribution in [3.05, 3.63) is 35.9 Å². The summed E-state index contributed by atoms with van der Waals surface area (Å²) in [6.45, 7) is 1.89. The Kier molecular flexibility index (Phi) is 10.1. The highest BCUT2D eigenvalue weighted by Gasteiger charge is 2.38. The lowest BCUT2D eigenvalue weighted by Crippen LogP contribution is -2.55. The Morgan fingerprint density at radius 3 is 2.52 bits per heavy atom. The van der Waals surface area contributed by atoms with Crippen LogP contribution in [0.3, 0.4) is 0 Å². The molecule has 2 atom stereocenters. The summed E-state index contributed by atoms with van der Waals surface area (Å²) in [6, 6.07) is 6.66. The third kappa shape index (κ3) is 8.06. The van der Waals surface area contributed by atoms with Crippen molar-refractivity contribution in [1.82, 2.24) is 15.5 Å². The number of aliphatic hydroxyl groups is 1. The number of ether oxygens (including phenoxy) is 2. The van der Waals surface area contributed by atoms with Crippen molar-refractivity contribution in [3.8, 4) is 0 Å². The summed E-state index contributed by atoms with van der Waals surface area (Å²) in [5.41, 5.74) is 0.749. The number of ketones is 1. The Bertz CT molecular complexity index is 864. The molecular formula is C21H27N3O8S. The first-order chi connectivity index (χ1) is 15.7. The van der Waals surface area contributed by atoms with Crippen LogP contribution in [0.15, 0.2) is 30.3 Å². The highest BCUT2D eigenvalue weighted by Crippen LogP contribution is 2.22. The number of Topliss-reactive ketones (excluding diaryl/α,β-unsaturated/α-hetero) is 1. The number of nitrogens with one attached hydrogen (secondary N) is 2. The van der Waals surface area contributed by atoms with Gasteiger partial charge in [0.25, 0.3) is 5.78 Å². The standard InChI is InChI=1S/C21H27N3O8S/c1-13(2)32-20(29)17(26)8-22-18(27)16-11-33-12-24(16)19(28)15(9-25)23-21(30)31-10-14-6-4-3-5-7-14/h3-7,13,15-16,25H,8-12H2,1-2H3,(H,22,27)(H,23,30)/t15-,16-/m0/s1. The molecule has 1 fully saturated rings.